The molecule has 1 amide bonds. The Labute approximate surface area is 177 Å². The minimum atomic E-state index is -3.87. The van der Waals surface area contributed by atoms with Gasteiger partial charge < -0.3 is 10.1 Å². The molecule has 1 aliphatic heterocycles. The molecule has 0 saturated carbocycles. The molecule has 29 heavy (non-hydrogen) atoms. The number of hydrogen-bond donors (Lipinski definition) is 1. The Bertz CT molecular complexity index is 1220. The number of sulfonamides is 1. The molecule has 0 spiro atoms. The van der Waals surface area contributed by atoms with Crippen molar-refractivity contribution in [1.29, 1.82) is 0 Å². The van der Waals surface area contributed by atoms with Crippen LogP contribution in [0.25, 0.3) is 0 Å². The summed E-state index contributed by atoms with van der Waals surface area (Å²) in [6.45, 7) is 1.91. The molecule has 0 unspecified atom stereocenters. The lowest BCUT2D eigenvalue weighted by atomic mass is 10.2. The molecule has 1 heterocycles. The van der Waals surface area contributed by atoms with E-state index < -0.39 is 15.9 Å². The number of ether oxygens (including phenoxy) is 1. The number of aryl methyl sites for hydroxylation is 1. The molecule has 1 aliphatic rings. The van der Waals surface area contributed by atoms with Gasteiger partial charge in [0.2, 0.25) is 0 Å². The first kappa shape index (κ1) is 19.5. The number of fused-ring (bicyclic) bond motifs is 2. The maximum absolute atomic E-state index is 13.1. The molecule has 3 aromatic rings. The van der Waals surface area contributed by atoms with Crippen molar-refractivity contribution in [2.45, 2.75) is 11.8 Å². The van der Waals surface area contributed by atoms with Crippen LogP contribution in [0.2, 0.25) is 0 Å². The molecule has 0 fully saturated rings. The number of hydrogen-bond acceptors (Lipinski definition) is 4. The highest BCUT2D eigenvalue weighted by Crippen LogP contribution is 2.37. The van der Waals surface area contributed by atoms with Gasteiger partial charge >= 0.3 is 0 Å². The van der Waals surface area contributed by atoms with E-state index in [0.717, 1.165) is 10.0 Å². The van der Waals surface area contributed by atoms with E-state index in [1.807, 2.05) is 13.0 Å². The molecule has 148 valence electrons. The van der Waals surface area contributed by atoms with Crippen molar-refractivity contribution in [3.8, 4) is 11.5 Å². The molecule has 0 bridgehead atoms. The number of nitrogens with one attached hydrogen (secondary N) is 1. The van der Waals surface area contributed by atoms with E-state index in [4.69, 9.17) is 4.74 Å². The zero-order valence-electron chi connectivity index (χ0n) is 15.6. The fourth-order valence-electron chi connectivity index (χ4n) is 3.02. The standard InChI is InChI=1S/C21H17BrN2O4S/c1-13-3-9-20-18(11-13)23-21(25)17-12-16(8-10-19(17)28-20)29(26,27)24(2)15-6-4-14(22)5-7-15/h3-12H,1-2H3,(H,23,25). The van der Waals surface area contributed by atoms with Gasteiger partial charge in [-0.2, -0.15) is 0 Å². The number of carbonyl (C=O) groups is 1. The summed E-state index contributed by atoms with van der Waals surface area (Å²) in [7, 11) is -2.39. The fourth-order valence-corrected chi connectivity index (χ4v) is 4.51. The lowest BCUT2D eigenvalue weighted by Gasteiger charge is -2.20. The second kappa shape index (κ2) is 7.20. The normalized spacial score (nSPS) is 12.9. The topological polar surface area (TPSA) is 75.7 Å². The van der Waals surface area contributed by atoms with E-state index in [0.29, 0.717) is 22.9 Å². The second-order valence-electron chi connectivity index (χ2n) is 6.66. The molecule has 0 aliphatic carbocycles. The molecule has 4 rings (SSSR count). The van der Waals surface area contributed by atoms with E-state index in [-0.39, 0.29) is 10.5 Å². The largest absolute Gasteiger partial charge is 0.454 e. The van der Waals surface area contributed by atoms with Crippen molar-refractivity contribution in [2.75, 3.05) is 16.7 Å². The van der Waals surface area contributed by atoms with Crippen molar-refractivity contribution >= 4 is 43.2 Å². The highest BCUT2D eigenvalue weighted by molar-refractivity contribution is 9.10. The van der Waals surface area contributed by atoms with E-state index in [2.05, 4.69) is 21.2 Å². The molecule has 1 N–H and O–H groups in total. The molecule has 6 nitrogen and oxygen atoms in total. The van der Waals surface area contributed by atoms with Gasteiger partial charge in [0.15, 0.2) is 5.75 Å². The summed E-state index contributed by atoms with van der Waals surface area (Å²) in [6.07, 6.45) is 0. The van der Waals surface area contributed by atoms with Crippen LogP contribution >= 0.6 is 15.9 Å². The Morgan fingerprint density at radius 3 is 2.38 bits per heavy atom. The maximum atomic E-state index is 13.1. The number of benzene rings is 3. The number of carbonyl (C=O) groups excluding carboxylic acids is 1. The first-order valence-electron chi connectivity index (χ1n) is 8.74. The predicted molar refractivity (Wildman–Crippen MR) is 115 cm³/mol. The van der Waals surface area contributed by atoms with Crippen LogP contribution in [0.5, 0.6) is 11.5 Å². The van der Waals surface area contributed by atoms with Gasteiger partial charge in [-0.05, 0) is 67.1 Å². The number of anilines is 2. The van der Waals surface area contributed by atoms with E-state index >= 15 is 0 Å². The van der Waals surface area contributed by atoms with Gasteiger partial charge in [0.05, 0.1) is 21.8 Å². The third-order valence-electron chi connectivity index (χ3n) is 4.65. The number of rotatable bonds is 3. The quantitative estimate of drug-likeness (QED) is 0.585. The van der Waals surface area contributed by atoms with Crippen LogP contribution in [0.15, 0.2) is 70.0 Å². The molecular weight excluding hydrogens is 456 g/mol. The summed E-state index contributed by atoms with van der Waals surface area (Å²) in [6, 6.07) is 16.7. The zero-order valence-corrected chi connectivity index (χ0v) is 18.0. The summed E-state index contributed by atoms with van der Waals surface area (Å²) in [5.74, 6) is 0.383. The Kier molecular flexibility index (Phi) is 4.84. The molecular formula is C21H17BrN2O4S. The Morgan fingerprint density at radius 2 is 1.66 bits per heavy atom. The molecule has 8 heteroatoms. The zero-order chi connectivity index (χ0) is 20.8. The number of amides is 1. The van der Waals surface area contributed by atoms with Crippen molar-refractivity contribution in [1.82, 2.24) is 0 Å². The molecule has 0 radical (unpaired) electrons. The van der Waals surface area contributed by atoms with Crippen LogP contribution in [-0.4, -0.2) is 21.4 Å². The lowest BCUT2D eigenvalue weighted by molar-refractivity contribution is 0.102. The minimum absolute atomic E-state index is 0.00237. The van der Waals surface area contributed by atoms with Gasteiger partial charge in [-0.1, -0.05) is 22.0 Å². The van der Waals surface area contributed by atoms with Gasteiger partial charge in [0.1, 0.15) is 5.75 Å². The highest BCUT2D eigenvalue weighted by atomic mass is 79.9. The van der Waals surface area contributed by atoms with Gasteiger partial charge in [0.25, 0.3) is 15.9 Å². The van der Waals surface area contributed by atoms with Gasteiger partial charge in [-0.25, -0.2) is 8.42 Å². The molecule has 0 atom stereocenters. The van der Waals surface area contributed by atoms with Crippen LogP contribution in [0.4, 0.5) is 11.4 Å². The molecule has 0 saturated heterocycles. The maximum Gasteiger partial charge on any atom is 0.264 e. The average Bonchev–Trinajstić information content (AvgIpc) is 2.83. The summed E-state index contributed by atoms with van der Waals surface area (Å²) < 4.78 is 34.1. The van der Waals surface area contributed by atoms with Crippen LogP contribution in [0, 0.1) is 6.92 Å². The van der Waals surface area contributed by atoms with E-state index in [9.17, 15) is 13.2 Å². The van der Waals surface area contributed by atoms with Gasteiger partial charge in [-0.15, -0.1) is 0 Å². The van der Waals surface area contributed by atoms with Crippen LogP contribution in [0.1, 0.15) is 15.9 Å². The summed E-state index contributed by atoms with van der Waals surface area (Å²) in [5.41, 5.74) is 2.18. The molecule has 3 aromatic carbocycles. The number of nitrogens with zero attached hydrogens (tertiary/aromatic N) is 1. The smallest absolute Gasteiger partial charge is 0.264 e. The fraction of sp³-hybridized carbons (Fsp3) is 0.0952. The van der Waals surface area contributed by atoms with Crippen molar-refractivity contribution < 1.29 is 17.9 Å². The SMILES string of the molecule is Cc1ccc2c(c1)NC(=O)c1cc(S(=O)(=O)N(C)c3ccc(Br)cc3)ccc1O2. The molecule has 0 aromatic heterocycles. The Balaban J connectivity index is 1.73. The third-order valence-corrected chi connectivity index (χ3v) is 6.96. The first-order chi connectivity index (χ1) is 13.8. The third kappa shape index (κ3) is 3.61. The van der Waals surface area contributed by atoms with Crippen molar-refractivity contribution in [2.24, 2.45) is 0 Å². The minimum Gasteiger partial charge on any atom is -0.454 e. The second-order valence-corrected chi connectivity index (χ2v) is 9.55. The summed E-state index contributed by atoms with van der Waals surface area (Å²) in [5, 5.41) is 2.79. The number of halogens is 1. The van der Waals surface area contributed by atoms with Crippen LogP contribution in [-0.2, 0) is 10.0 Å². The van der Waals surface area contributed by atoms with Crippen molar-refractivity contribution in [3.05, 3.63) is 76.3 Å². The predicted octanol–water partition coefficient (Wildman–Crippen LogP) is 4.94. The summed E-state index contributed by atoms with van der Waals surface area (Å²) in [4.78, 5) is 12.7. The van der Waals surface area contributed by atoms with Gasteiger partial charge in [-0.3, -0.25) is 9.10 Å². The van der Waals surface area contributed by atoms with E-state index in [1.54, 1.807) is 36.4 Å². The van der Waals surface area contributed by atoms with Crippen LogP contribution < -0.4 is 14.4 Å². The Hall–Kier alpha value is -2.84. The van der Waals surface area contributed by atoms with E-state index in [1.165, 1.54) is 29.6 Å². The highest BCUT2D eigenvalue weighted by Gasteiger charge is 2.27. The monoisotopic (exact) mass is 472 g/mol. The van der Waals surface area contributed by atoms with Gasteiger partial charge in [0, 0.05) is 11.5 Å². The summed E-state index contributed by atoms with van der Waals surface area (Å²) >= 11 is 3.34. The average molecular weight is 473 g/mol. The van der Waals surface area contributed by atoms with Crippen LogP contribution in [0.3, 0.4) is 0 Å². The first-order valence-corrected chi connectivity index (χ1v) is 11.0. The van der Waals surface area contributed by atoms with Crippen molar-refractivity contribution in [3.63, 3.8) is 0 Å². The lowest BCUT2D eigenvalue weighted by Crippen LogP contribution is -2.26. The Morgan fingerprint density at radius 1 is 0.966 bits per heavy atom.